The molecule has 1 aliphatic carbocycles. The van der Waals surface area contributed by atoms with Crippen molar-refractivity contribution >= 4 is 5.57 Å². The zero-order valence-electron chi connectivity index (χ0n) is 8.64. The standard InChI is InChI=1S/C12H12O2/c13-11-7-3-1-5-9(11)10-6-2-4-8-12(10)14/h1-7,12-14H,8H2/i12D. The van der Waals surface area contributed by atoms with Gasteiger partial charge in [0.05, 0.1) is 7.45 Å². The Labute approximate surface area is 84.2 Å². The van der Waals surface area contributed by atoms with Crippen molar-refractivity contribution in [3.05, 3.63) is 48.1 Å². The first-order valence-corrected chi connectivity index (χ1v) is 4.49. The van der Waals surface area contributed by atoms with Crippen molar-refractivity contribution in [1.82, 2.24) is 0 Å². The van der Waals surface area contributed by atoms with Gasteiger partial charge in [-0.25, -0.2) is 0 Å². The first kappa shape index (κ1) is 7.83. The van der Waals surface area contributed by atoms with Crippen LogP contribution in [0.4, 0.5) is 0 Å². The molecule has 1 atom stereocenters. The number of hydrogen-bond acceptors (Lipinski definition) is 2. The maximum Gasteiger partial charge on any atom is 0.123 e. The number of allylic oxidation sites excluding steroid dienone is 2. The van der Waals surface area contributed by atoms with E-state index in [1.165, 1.54) is 0 Å². The first-order valence-electron chi connectivity index (χ1n) is 4.99. The SMILES string of the molecule is [2H]C1(O)CC=CC=C1c1ccccc1O. The molecule has 0 saturated carbocycles. The number of aromatic hydroxyl groups is 1. The summed E-state index contributed by atoms with van der Waals surface area (Å²) in [6.07, 6.45) is 3.77. The van der Waals surface area contributed by atoms with Crippen LogP contribution in [0.1, 0.15) is 13.4 Å². The largest absolute Gasteiger partial charge is 0.507 e. The number of phenols is 1. The van der Waals surface area contributed by atoms with Crippen LogP contribution in [0.2, 0.25) is 0 Å². The van der Waals surface area contributed by atoms with E-state index in [0.717, 1.165) is 0 Å². The molecule has 1 aromatic carbocycles. The molecule has 1 unspecified atom stereocenters. The minimum Gasteiger partial charge on any atom is -0.507 e. The van der Waals surface area contributed by atoms with E-state index < -0.39 is 6.08 Å². The van der Waals surface area contributed by atoms with E-state index in [2.05, 4.69) is 0 Å². The van der Waals surface area contributed by atoms with Crippen LogP contribution in [0.25, 0.3) is 5.57 Å². The summed E-state index contributed by atoms with van der Waals surface area (Å²) in [6.45, 7) is 0. The highest BCUT2D eigenvalue weighted by atomic mass is 16.3. The first-order chi connectivity index (χ1) is 7.11. The number of phenolic OH excluding ortho intramolecular Hbond substituents is 1. The zero-order valence-corrected chi connectivity index (χ0v) is 7.64. The van der Waals surface area contributed by atoms with E-state index in [0.29, 0.717) is 11.1 Å². The predicted octanol–water partition coefficient (Wildman–Crippen LogP) is 2.10. The van der Waals surface area contributed by atoms with Crippen LogP contribution < -0.4 is 0 Å². The van der Waals surface area contributed by atoms with Gasteiger partial charge in [0.15, 0.2) is 0 Å². The maximum atomic E-state index is 9.85. The summed E-state index contributed by atoms with van der Waals surface area (Å²) in [5.41, 5.74) is 0.947. The van der Waals surface area contributed by atoms with Gasteiger partial charge in [0.2, 0.25) is 0 Å². The third-order valence-corrected chi connectivity index (χ3v) is 2.22. The van der Waals surface area contributed by atoms with E-state index in [1.54, 1.807) is 42.5 Å². The van der Waals surface area contributed by atoms with E-state index in [-0.39, 0.29) is 12.2 Å². The van der Waals surface area contributed by atoms with Crippen molar-refractivity contribution in [3.8, 4) is 5.75 Å². The lowest BCUT2D eigenvalue weighted by atomic mass is 9.94. The third kappa shape index (κ3) is 1.56. The number of para-hydroxylation sites is 1. The van der Waals surface area contributed by atoms with Gasteiger partial charge in [-0.15, -0.1) is 0 Å². The Morgan fingerprint density at radius 1 is 1.36 bits per heavy atom. The van der Waals surface area contributed by atoms with Gasteiger partial charge in [0, 0.05) is 5.56 Å². The Balaban J connectivity index is 2.51. The summed E-state index contributed by atoms with van der Waals surface area (Å²) in [5.74, 6) is 0.0877. The van der Waals surface area contributed by atoms with Crippen LogP contribution >= 0.6 is 0 Å². The van der Waals surface area contributed by atoms with E-state index in [4.69, 9.17) is 1.37 Å². The van der Waals surface area contributed by atoms with Crippen molar-refractivity contribution in [2.24, 2.45) is 0 Å². The van der Waals surface area contributed by atoms with E-state index in [1.807, 2.05) is 0 Å². The highest BCUT2D eigenvalue weighted by Crippen LogP contribution is 2.30. The molecule has 0 aromatic heterocycles. The smallest absolute Gasteiger partial charge is 0.123 e. The Hall–Kier alpha value is -1.54. The van der Waals surface area contributed by atoms with E-state index >= 15 is 0 Å². The molecule has 14 heavy (non-hydrogen) atoms. The van der Waals surface area contributed by atoms with Gasteiger partial charge in [-0.1, -0.05) is 36.4 Å². The Morgan fingerprint density at radius 2 is 2.14 bits per heavy atom. The quantitative estimate of drug-likeness (QED) is 0.710. The lowest BCUT2D eigenvalue weighted by Gasteiger charge is -2.17. The van der Waals surface area contributed by atoms with Gasteiger partial charge >= 0.3 is 0 Å². The van der Waals surface area contributed by atoms with Crippen molar-refractivity contribution in [3.63, 3.8) is 0 Å². The molecule has 1 aromatic rings. The number of benzene rings is 1. The monoisotopic (exact) mass is 189 g/mol. The summed E-state index contributed by atoms with van der Waals surface area (Å²) in [5, 5.41) is 19.5. The molecule has 0 saturated heterocycles. The van der Waals surface area contributed by atoms with Gasteiger partial charge in [-0.2, -0.15) is 0 Å². The molecule has 2 N–H and O–H groups in total. The average molecular weight is 189 g/mol. The fourth-order valence-electron chi connectivity index (χ4n) is 1.50. The average Bonchev–Trinajstić information content (AvgIpc) is 2.19. The normalized spacial score (nSPS) is 26.9. The molecule has 0 fully saturated rings. The summed E-state index contributed by atoms with van der Waals surface area (Å²) in [4.78, 5) is 0. The van der Waals surface area contributed by atoms with Crippen LogP contribution in [0.3, 0.4) is 0 Å². The molecule has 0 spiro atoms. The molecule has 0 bridgehead atoms. The Morgan fingerprint density at radius 3 is 2.86 bits per heavy atom. The minimum atomic E-state index is -1.65. The van der Waals surface area contributed by atoms with E-state index in [9.17, 15) is 10.2 Å². The van der Waals surface area contributed by atoms with Crippen molar-refractivity contribution in [2.45, 2.75) is 12.5 Å². The second kappa shape index (κ2) is 3.68. The minimum absolute atomic E-state index is 0.0877. The summed E-state index contributed by atoms with van der Waals surface area (Å²) in [7, 11) is 0. The molecule has 0 radical (unpaired) electrons. The molecule has 1 aliphatic rings. The number of aliphatic hydroxyl groups is 1. The lowest BCUT2D eigenvalue weighted by molar-refractivity contribution is 0.234. The fraction of sp³-hybridized carbons (Fsp3) is 0.167. The van der Waals surface area contributed by atoms with Crippen molar-refractivity contribution in [2.75, 3.05) is 0 Å². The molecule has 72 valence electrons. The van der Waals surface area contributed by atoms with Gasteiger partial charge < -0.3 is 10.2 Å². The van der Waals surface area contributed by atoms with Crippen LogP contribution in [0.15, 0.2) is 42.5 Å². The molecule has 2 nitrogen and oxygen atoms in total. The van der Waals surface area contributed by atoms with Gasteiger partial charge in [-0.3, -0.25) is 0 Å². The van der Waals surface area contributed by atoms with Crippen molar-refractivity contribution < 1.29 is 11.6 Å². The molecular formula is C12H12O2. The second-order valence-corrected chi connectivity index (χ2v) is 3.18. The maximum absolute atomic E-state index is 9.85. The lowest BCUT2D eigenvalue weighted by Crippen LogP contribution is -2.10. The van der Waals surface area contributed by atoms with Crippen molar-refractivity contribution in [1.29, 1.82) is 0 Å². The highest BCUT2D eigenvalue weighted by molar-refractivity contribution is 5.75. The van der Waals surface area contributed by atoms with Crippen LogP contribution in [-0.4, -0.2) is 16.3 Å². The predicted molar refractivity (Wildman–Crippen MR) is 55.8 cm³/mol. The fourth-order valence-corrected chi connectivity index (χ4v) is 1.50. The molecule has 0 aliphatic heterocycles. The molecule has 2 heteroatoms. The topological polar surface area (TPSA) is 40.5 Å². The van der Waals surface area contributed by atoms with Gasteiger partial charge in [0.1, 0.15) is 5.75 Å². The van der Waals surface area contributed by atoms with Crippen LogP contribution in [0, 0.1) is 0 Å². The third-order valence-electron chi connectivity index (χ3n) is 2.22. The van der Waals surface area contributed by atoms with Crippen LogP contribution in [-0.2, 0) is 0 Å². The number of hydrogen-bond donors (Lipinski definition) is 2. The Bertz CT molecular complexity index is 433. The molecule has 0 amide bonds. The molecule has 0 heterocycles. The van der Waals surface area contributed by atoms with Crippen LogP contribution in [0.5, 0.6) is 5.75 Å². The summed E-state index contributed by atoms with van der Waals surface area (Å²) >= 11 is 0. The number of rotatable bonds is 1. The summed E-state index contributed by atoms with van der Waals surface area (Å²) < 4.78 is 7.74. The molecule has 2 rings (SSSR count). The highest BCUT2D eigenvalue weighted by Gasteiger charge is 2.15. The summed E-state index contributed by atoms with van der Waals surface area (Å²) in [6, 6.07) is 6.72. The van der Waals surface area contributed by atoms with Gasteiger partial charge in [0.25, 0.3) is 0 Å². The zero-order chi connectivity index (χ0) is 10.9. The molecular weight excluding hydrogens is 176 g/mol. The Kier molecular flexibility index (Phi) is 2.06. The van der Waals surface area contributed by atoms with Gasteiger partial charge in [-0.05, 0) is 18.1 Å². The second-order valence-electron chi connectivity index (χ2n) is 3.18.